The van der Waals surface area contributed by atoms with E-state index in [0.29, 0.717) is 24.3 Å². The van der Waals surface area contributed by atoms with Gasteiger partial charge in [-0.1, -0.05) is 42.1 Å². The third-order valence-electron chi connectivity index (χ3n) is 5.08. The molecule has 3 N–H and O–H groups in total. The molecule has 3 rings (SSSR count). The summed E-state index contributed by atoms with van der Waals surface area (Å²) in [5.74, 6) is -1.99. The quantitative estimate of drug-likeness (QED) is 0.382. The van der Waals surface area contributed by atoms with E-state index < -0.39 is 52.5 Å². The summed E-state index contributed by atoms with van der Waals surface area (Å²) in [6.45, 7) is 1.05. The maximum atomic E-state index is 13.3. The number of nitrogens with zero attached hydrogens (tertiary/aromatic N) is 2. The van der Waals surface area contributed by atoms with Gasteiger partial charge in [-0.3, -0.25) is 0 Å². The van der Waals surface area contributed by atoms with Crippen molar-refractivity contribution in [2.24, 2.45) is 10.8 Å². The molecule has 2 aromatic carbocycles. The lowest BCUT2D eigenvalue weighted by molar-refractivity contribution is -0.154. The van der Waals surface area contributed by atoms with Gasteiger partial charge in [-0.2, -0.15) is 26.3 Å². The lowest BCUT2D eigenvalue weighted by Crippen LogP contribution is -2.38. The molecule has 2 aromatic rings. The third-order valence-corrected chi connectivity index (χ3v) is 5.08. The first-order chi connectivity index (χ1) is 16.2. The Bertz CT molecular complexity index is 1190. The van der Waals surface area contributed by atoms with Crippen molar-refractivity contribution in [3.8, 4) is 5.75 Å². The number of nitrogens with two attached hydrogens (primary N) is 1. The first kappa shape index (κ1) is 25.8. The molecular formula is C23H18F6N3O3-. The third kappa shape index (κ3) is 5.83. The lowest BCUT2D eigenvalue weighted by Gasteiger charge is -2.31. The Hall–Kier alpha value is -3.80. The Morgan fingerprint density at radius 2 is 1.54 bits per heavy atom. The lowest BCUT2D eigenvalue weighted by atomic mass is 9.94. The van der Waals surface area contributed by atoms with Crippen molar-refractivity contribution >= 4 is 17.4 Å². The molecule has 2 unspecified atom stereocenters. The van der Waals surface area contributed by atoms with Crippen LogP contribution in [0.4, 0.5) is 32.0 Å². The zero-order chi connectivity index (χ0) is 26.0. The van der Waals surface area contributed by atoms with Gasteiger partial charge in [-0.25, -0.2) is 4.79 Å². The van der Waals surface area contributed by atoms with Gasteiger partial charge in [0.25, 0.3) is 0 Å². The second kappa shape index (κ2) is 9.45. The molecule has 0 saturated heterocycles. The number of aliphatic carboxylic acids is 1. The predicted octanol–water partition coefficient (Wildman–Crippen LogP) is 5.92. The highest BCUT2D eigenvalue weighted by Gasteiger charge is 2.40. The molecule has 6 nitrogen and oxygen atoms in total. The molecule has 35 heavy (non-hydrogen) atoms. The fraction of sp³-hybridized carbons (Fsp3) is 0.217. The fourth-order valence-corrected chi connectivity index (χ4v) is 3.04. The molecular weight excluding hydrogens is 480 g/mol. The van der Waals surface area contributed by atoms with E-state index in [4.69, 9.17) is 10.5 Å². The number of carboxylic acid groups (broad SMARTS) is 1. The molecule has 0 amide bonds. The van der Waals surface area contributed by atoms with Crippen molar-refractivity contribution in [2.45, 2.75) is 30.9 Å². The summed E-state index contributed by atoms with van der Waals surface area (Å²) in [7, 11) is 0. The van der Waals surface area contributed by atoms with Gasteiger partial charge in [0.05, 0.1) is 17.2 Å². The van der Waals surface area contributed by atoms with Crippen molar-refractivity contribution in [3.63, 3.8) is 0 Å². The molecule has 0 radical (unpaired) electrons. The number of benzene rings is 2. The number of carbonyl (C=O) groups is 1. The summed E-state index contributed by atoms with van der Waals surface area (Å²) in [5.41, 5.74) is 4.84. The average molecular weight is 498 g/mol. The molecule has 1 aliphatic rings. The van der Waals surface area contributed by atoms with Crippen LogP contribution in [0.3, 0.4) is 0 Å². The maximum absolute atomic E-state index is 13.3. The van der Waals surface area contributed by atoms with Crippen LogP contribution >= 0.6 is 0 Å². The first-order valence-corrected chi connectivity index (χ1v) is 9.92. The van der Waals surface area contributed by atoms with Crippen LogP contribution in [0.2, 0.25) is 0 Å². The number of alkyl halides is 6. The molecule has 2 atom stereocenters. The van der Waals surface area contributed by atoms with E-state index in [2.05, 4.69) is 10.5 Å². The van der Waals surface area contributed by atoms with Crippen LogP contribution < -0.4 is 10.5 Å². The van der Waals surface area contributed by atoms with Gasteiger partial charge in [-0.05, 0) is 37.3 Å². The van der Waals surface area contributed by atoms with E-state index in [-0.39, 0.29) is 11.3 Å². The van der Waals surface area contributed by atoms with Crippen LogP contribution in [-0.2, 0) is 22.7 Å². The zero-order valence-electron chi connectivity index (χ0n) is 17.9. The second-order valence-electron chi connectivity index (χ2n) is 7.59. The minimum atomic E-state index is -4.75. The molecule has 1 aliphatic carbocycles. The Kier molecular flexibility index (Phi) is 6.97. The number of ether oxygens (including phenoxy) is 1. The summed E-state index contributed by atoms with van der Waals surface area (Å²) in [6.07, 6.45) is -3.10. The predicted molar refractivity (Wildman–Crippen MR) is 115 cm³/mol. The van der Waals surface area contributed by atoms with Crippen LogP contribution in [0, 0.1) is 0 Å². The van der Waals surface area contributed by atoms with Crippen molar-refractivity contribution in [2.75, 3.05) is 0 Å². The normalized spacial score (nSPS) is 18.9. The molecule has 186 valence electrons. The Balaban J connectivity index is 2.02. The van der Waals surface area contributed by atoms with E-state index in [1.807, 2.05) is 0 Å². The minimum absolute atomic E-state index is 0.183. The van der Waals surface area contributed by atoms with Gasteiger partial charge in [0.2, 0.25) is 5.60 Å². The number of carboxylic acids is 1. The van der Waals surface area contributed by atoms with E-state index in [9.17, 15) is 36.2 Å². The Morgan fingerprint density at radius 3 is 2.09 bits per heavy atom. The SMILES string of the molecule is CC(Oc1ccc(C(F)(F)F)cc1[N-]/N=C1/C=CC=CC1N)(C(=O)O)c1ccc(C(F)(F)F)cc1. The van der Waals surface area contributed by atoms with E-state index in [1.54, 1.807) is 18.2 Å². The van der Waals surface area contributed by atoms with Crippen molar-refractivity contribution in [1.82, 2.24) is 0 Å². The average Bonchev–Trinajstić information content (AvgIpc) is 2.78. The fourth-order valence-electron chi connectivity index (χ4n) is 3.04. The van der Waals surface area contributed by atoms with Gasteiger partial charge >= 0.3 is 18.3 Å². The van der Waals surface area contributed by atoms with Crippen molar-refractivity contribution < 1.29 is 41.0 Å². The Labute approximate surface area is 195 Å². The zero-order valence-corrected chi connectivity index (χ0v) is 17.9. The number of halogens is 6. The maximum Gasteiger partial charge on any atom is 0.416 e. The van der Waals surface area contributed by atoms with Gasteiger partial charge in [0.15, 0.2) is 0 Å². The van der Waals surface area contributed by atoms with Crippen LogP contribution in [0.15, 0.2) is 71.9 Å². The monoisotopic (exact) mass is 498 g/mol. The summed E-state index contributed by atoms with van der Waals surface area (Å²) in [4.78, 5) is 12.1. The van der Waals surface area contributed by atoms with Gasteiger partial charge < -0.3 is 26.1 Å². The second-order valence-corrected chi connectivity index (χ2v) is 7.59. The molecule has 0 saturated carbocycles. The number of rotatable bonds is 6. The van der Waals surface area contributed by atoms with E-state index in [1.165, 1.54) is 6.08 Å². The van der Waals surface area contributed by atoms with Crippen LogP contribution in [-0.4, -0.2) is 22.8 Å². The largest absolute Gasteiger partial charge is 0.572 e. The smallest absolute Gasteiger partial charge is 0.416 e. The molecule has 0 bridgehead atoms. The highest BCUT2D eigenvalue weighted by Crippen LogP contribution is 2.42. The molecule has 0 spiro atoms. The summed E-state index contributed by atoms with van der Waals surface area (Å²) >= 11 is 0. The van der Waals surface area contributed by atoms with Crippen molar-refractivity contribution in [1.29, 1.82) is 0 Å². The van der Waals surface area contributed by atoms with Gasteiger partial charge in [0, 0.05) is 11.3 Å². The van der Waals surface area contributed by atoms with Gasteiger partial charge in [0.1, 0.15) is 5.75 Å². The van der Waals surface area contributed by atoms with E-state index >= 15 is 0 Å². The molecule has 0 aliphatic heterocycles. The number of allylic oxidation sites excluding steroid dienone is 2. The highest BCUT2D eigenvalue weighted by molar-refractivity contribution is 6.02. The number of hydrogen-bond donors (Lipinski definition) is 2. The highest BCUT2D eigenvalue weighted by atomic mass is 19.4. The van der Waals surface area contributed by atoms with Crippen molar-refractivity contribution in [3.05, 3.63) is 88.9 Å². The van der Waals surface area contributed by atoms with Crippen LogP contribution in [0.5, 0.6) is 5.75 Å². The van der Waals surface area contributed by atoms with E-state index in [0.717, 1.165) is 25.1 Å². The topological polar surface area (TPSA) is 99.0 Å². The molecule has 0 heterocycles. The standard InChI is InChI=1S/C23H18F6N3O3/c1-21(20(33)34,13-6-8-14(9-7-13)22(24,25)26)35-19-11-10-15(23(27,28)29)12-18(19)32-31-17-5-3-2-4-16(17)30/h2-12,16H,30H2,1H3,(H,33,34)/q-1/b31-17-. The van der Waals surface area contributed by atoms with Crippen LogP contribution in [0.1, 0.15) is 23.6 Å². The summed E-state index contributed by atoms with van der Waals surface area (Å²) < 4.78 is 84.1. The van der Waals surface area contributed by atoms with Crippen LogP contribution in [0.25, 0.3) is 5.43 Å². The summed E-state index contributed by atoms with van der Waals surface area (Å²) in [5, 5.41) is 13.7. The molecule has 0 aromatic heterocycles. The molecule has 12 heteroatoms. The Morgan fingerprint density at radius 1 is 0.971 bits per heavy atom. The summed E-state index contributed by atoms with van der Waals surface area (Å²) in [6, 6.07) is 4.64. The van der Waals surface area contributed by atoms with Gasteiger partial charge in [-0.15, -0.1) is 0 Å². The first-order valence-electron chi connectivity index (χ1n) is 9.92. The molecule has 0 fully saturated rings. The number of hydrogen-bond acceptors (Lipinski definition) is 4. The minimum Gasteiger partial charge on any atom is -0.572 e.